The maximum atomic E-state index is 12.4. The van der Waals surface area contributed by atoms with Crippen molar-refractivity contribution >= 4 is 35.0 Å². The Hall–Kier alpha value is -1.77. The van der Waals surface area contributed by atoms with Crippen molar-refractivity contribution in [2.24, 2.45) is 5.92 Å². The van der Waals surface area contributed by atoms with E-state index in [9.17, 15) is 9.59 Å². The van der Waals surface area contributed by atoms with Gasteiger partial charge in [-0.1, -0.05) is 42.1 Å². The molecule has 0 aromatic heterocycles. The van der Waals surface area contributed by atoms with E-state index in [1.54, 1.807) is 18.2 Å². The Morgan fingerprint density at radius 3 is 2.70 bits per heavy atom. The number of benzene rings is 1. The molecule has 2 amide bonds. The van der Waals surface area contributed by atoms with Gasteiger partial charge < -0.3 is 5.32 Å². The lowest BCUT2D eigenvalue weighted by Gasteiger charge is -2.32. The van der Waals surface area contributed by atoms with Gasteiger partial charge in [-0.25, -0.2) is 0 Å². The van der Waals surface area contributed by atoms with Crippen molar-refractivity contribution in [3.05, 3.63) is 33.8 Å². The molecule has 1 fully saturated rings. The minimum Gasteiger partial charge on any atom is -0.348 e. The van der Waals surface area contributed by atoms with Crippen LogP contribution in [-0.4, -0.2) is 29.8 Å². The SMILES string of the molecule is CN(C#N)C(=O)C1CCCCC1NC(=O)c1cccc(Cl)c1Cl. The monoisotopic (exact) mass is 353 g/mol. The number of rotatable bonds is 3. The van der Waals surface area contributed by atoms with Gasteiger partial charge in [0.05, 0.1) is 21.5 Å². The minimum absolute atomic E-state index is 0.194. The molecule has 1 aromatic rings. The Kier molecular flexibility index (Phi) is 5.86. The van der Waals surface area contributed by atoms with Crippen LogP contribution in [0.1, 0.15) is 36.0 Å². The van der Waals surface area contributed by atoms with Crippen molar-refractivity contribution in [2.45, 2.75) is 31.7 Å². The predicted molar refractivity (Wildman–Crippen MR) is 88.1 cm³/mol. The van der Waals surface area contributed by atoms with E-state index in [1.165, 1.54) is 7.05 Å². The van der Waals surface area contributed by atoms with E-state index in [0.717, 1.165) is 17.7 Å². The highest BCUT2D eigenvalue weighted by Gasteiger charge is 2.34. The van der Waals surface area contributed by atoms with Gasteiger partial charge in [0.1, 0.15) is 0 Å². The summed E-state index contributed by atoms with van der Waals surface area (Å²) in [5, 5.41) is 12.3. The van der Waals surface area contributed by atoms with Gasteiger partial charge in [-0.15, -0.1) is 0 Å². The summed E-state index contributed by atoms with van der Waals surface area (Å²) in [6, 6.07) is 4.53. The summed E-state index contributed by atoms with van der Waals surface area (Å²) in [5.74, 6) is -1.02. The van der Waals surface area contributed by atoms with Gasteiger partial charge in [0.2, 0.25) is 5.91 Å². The summed E-state index contributed by atoms with van der Waals surface area (Å²) >= 11 is 12.0. The average molecular weight is 354 g/mol. The topological polar surface area (TPSA) is 73.2 Å². The highest BCUT2D eigenvalue weighted by atomic mass is 35.5. The lowest BCUT2D eigenvalue weighted by molar-refractivity contribution is -0.133. The highest BCUT2D eigenvalue weighted by molar-refractivity contribution is 6.43. The third kappa shape index (κ3) is 3.95. The van der Waals surface area contributed by atoms with E-state index in [4.69, 9.17) is 28.5 Å². The lowest BCUT2D eigenvalue weighted by atomic mass is 9.83. The molecule has 122 valence electrons. The van der Waals surface area contributed by atoms with Gasteiger partial charge in [-0.3, -0.25) is 14.5 Å². The predicted octanol–water partition coefficient (Wildman–Crippen LogP) is 3.22. The van der Waals surface area contributed by atoms with E-state index in [2.05, 4.69) is 5.32 Å². The number of nitrogens with one attached hydrogen (secondary N) is 1. The molecule has 23 heavy (non-hydrogen) atoms. The second-order valence-corrected chi connectivity index (χ2v) is 6.35. The van der Waals surface area contributed by atoms with Crippen LogP contribution < -0.4 is 5.32 Å². The zero-order chi connectivity index (χ0) is 17.0. The fourth-order valence-corrected chi connectivity index (χ4v) is 3.21. The highest BCUT2D eigenvalue weighted by Crippen LogP contribution is 2.28. The maximum absolute atomic E-state index is 12.4. The fraction of sp³-hybridized carbons (Fsp3) is 0.438. The molecule has 7 heteroatoms. The van der Waals surface area contributed by atoms with E-state index < -0.39 is 5.92 Å². The molecule has 1 aromatic carbocycles. The van der Waals surface area contributed by atoms with Crippen LogP contribution in [0, 0.1) is 17.4 Å². The quantitative estimate of drug-likeness (QED) is 0.669. The van der Waals surface area contributed by atoms with Crippen LogP contribution in [0.4, 0.5) is 0 Å². The number of hydrogen-bond donors (Lipinski definition) is 1. The van der Waals surface area contributed by atoms with Crippen molar-refractivity contribution in [3.8, 4) is 6.19 Å². The molecule has 1 aliphatic rings. The van der Waals surface area contributed by atoms with Crippen LogP contribution >= 0.6 is 23.2 Å². The number of halogens is 2. The zero-order valence-electron chi connectivity index (χ0n) is 12.7. The molecular weight excluding hydrogens is 337 g/mol. The fourth-order valence-electron chi connectivity index (χ4n) is 2.82. The van der Waals surface area contributed by atoms with Gasteiger partial charge in [0, 0.05) is 13.1 Å². The van der Waals surface area contributed by atoms with Crippen LogP contribution in [0.5, 0.6) is 0 Å². The first-order valence-electron chi connectivity index (χ1n) is 7.38. The Labute approximate surface area is 145 Å². The molecule has 0 radical (unpaired) electrons. The van der Waals surface area contributed by atoms with Crippen LogP contribution in [0.3, 0.4) is 0 Å². The second kappa shape index (κ2) is 7.67. The molecule has 2 atom stereocenters. The summed E-state index contributed by atoms with van der Waals surface area (Å²) < 4.78 is 0. The number of carbonyl (C=O) groups is 2. The normalized spacial score (nSPS) is 20.4. The molecule has 0 heterocycles. The molecule has 1 aliphatic carbocycles. The van der Waals surface area contributed by atoms with E-state index in [1.807, 2.05) is 6.19 Å². The molecule has 0 spiro atoms. The number of amides is 2. The van der Waals surface area contributed by atoms with Gasteiger partial charge >= 0.3 is 0 Å². The lowest BCUT2D eigenvalue weighted by Crippen LogP contribution is -2.48. The summed E-state index contributed by atoms with van der Waals surface area (Å²) in [7, 11) is 1.43. The summed E-state index contributed by atoms with van der Waals surface area (Å²) in [6.45, 7) is 0. The first-order chi connectivity index (χ1) is 11.0. The van der Waals surface area contributed by atoms with Crippen molar-refractivity contribution in [3.63, 3.8) is 0 Å². The first-order valence-corrected chi connectivity index (χ1v) is 8.13. The summed E-state index contributed by atoms with van der Waals surface area (Å²) in [6.07, 6.45) is 4.99. The van der Waals surface area contributed by atoms with Crippen LogP contribution in [0.15, 0.2) is 18.2 Å². The third-order valence-corrected chi connectivity index (χ3v) is 4.90. The maximum Gasteiger partial charge on any atom is 0.253 e. The second-order valence-electron chi connectivity index (χ2n) is 5.57. The molecule has 2 rings (SSSR count). The largest absolute Gasteiger partial charge is 0.348 e. The Morgan fingerprint density at radius 1 is 1.30 bits per heavy atom. The van der Waals surface area contributed by atoms with E-state index in [0.29, 0.717) is 17.9 Å². The summed E-state index contributed by atoms with van der Waals surface area (Å²) in [5.41, 5.74) is 0.282. The Balaban J connectivity index is 2.16. The number of hydrogen-bond acceptors (Lipinski definition) is 3. The molecule has 0 aliphatic heterocycles. The molecule has 1 N–H and O–H groups in total. The van der Waals surface area contributed by atoms with Crippen molar-refractivity contribution in [2.75, 3.05) is 7.05 Å². The van der Waals surface area contributed by atoms with Gasteiger partial charge in [0.25, 0.3) is 5.91 Å². The van der Waals surface area contributed by atoms with Crippen molar-refractivity contribution < 1.29 is 9.59 Å². The zero-order valence-corrected chi connectivity index (χ0v) is 14.2. The van der Waals surface area contributed by atoms with Gasteiger partial charge in [-0.05, 0) is 25.0 Å². The smallest absolute Gasteiger partial charge is 0.253 e. The first kappa shape index (κ1) is 17.6. The average Bonchev–Trinajstić information content (AvgIpc) is 2.56. The van der Waals surface area contributed by atoms with Crippen LogP contribution in [0.2, 0.25) is 10.0 Å². The van der Waals surface area contributed by atoms with Crippen LogP contribution in [0.25, 0.3) is 0 Å². The number of carbonyl (C=O) groups excluding carboxylic acids is 2. The van der Waals surface area contributed by atoms with Crippen molar-refractivity contribution in [1.82, 2.24) is 10.2 Å². The van der Waals surface area contributed by atoms with Gasteiger partial charge in [-0.2, -0.15) is 5.26 Å². The van der Waals surface area contributed by atoms with Crippen LogP contribution in [-0.2, 0) is 4.79 Å². The summed E-state index contributed by atoms with van der Waals surface area (Å²) in [4.78, 5) is 25.7. The number of nitrogens with zero attached hydrogens (tertiary/aromatic N) is 2. The minimum atomic E-state index is -0.393. The molecule has 1 saturated carbocycles. The Morgan fingerprint density at radius 2 is 2.00 bits per heavy atom. The van der Waals surface area contributed by atoms with E-state index >= 15 is 0 Å². The molecule has 0 bridgehead atoms. The standard InChI is InChI=1S/C16H17Cl2N3O2/c1-21(9-19)16(23)10-5-2-3-8-13(10)20-15(22)11-6-4-7-12(17)14(11)18/h4,6-7,10,13H,2-3,5,8H2,1H3,(H,20,22). The Bertz CT molecular complexity index is 657. The molecule has 0 saturated heterocycles. The van der Waals surface area contributed by atoms with E-state index in [-0.39, 0.29) is 28.4 Å². The molecule has 5 nitrogen and oxygen atoms in total. The molecule has 2 unspecified atom stereocenters. The molecular formula is C16H17Cl2N3O2. The van der Waals surface area contributed by atoms with Gasteiger partial charge in [0.15, 0.2) is 6.19 Å². The number of nitriles is 1. The third-order valence-electron chi connectivity index (χ3n) is 4.08. The van der Waals surface area contributed by atoms with Crippen molar-refractivity contribution in [1.29, 1.82) is 5.26 Å².